The monoisotopic (exact) mass is 204 g/mol. The van der Waals surface area contributed by atoms with Crippen LogP contribution >= 0.6 is 0 Å². The van der Waals surface area contributed by atoms with Crippen molar-refractivity contribution in [1.29, 1.82) is 0 Å². The average molecular weight is 204 g/mol. The lowest BCUT2D eigenvalue weighted by atomic mass is 9.93. The van der Waals surface area contributed by atoms with Crippen LogP contribution in [0.3, 0.4) is 0 Å². The fourth-order valence-corrected chi connectivity index (χ4v) is 2.11. The summed E-state index contributed by atoms with van der Waals surface area (Å²) in [6.45, 7) is 5.64. The highest BCUT2D eigenvalue weighted by atomic mass is 14.9. The minimum atomic E-state index is 0.541. The van der Waals surface area contributed by atoms with Crippen LogP contribution in [0.15, 0.2) is 24.5 Å². The zero-order valence-electron chi connectivity index (χ0n) is 9.66. The highest BCUT2D eigenvalue weighted by Gasteiger charge is 2.44. The molecule has 0 aromatic carbocycles. The Morgan fingerprint density at radius 3 is 2.60 bits per heavy atom. The number of aromatic nitrogens is 1. The van der Waals surface area contributed by atoms with E-state index in [0.29, 0.717) is 11.5 Å². The van der Waals surface area contributed by atoms with Crippen molar-refractivity contribution in [2.45, 2.75) is 39.2 Å². The normalized spacial score (nSPS) is 19.9. The van der Waals surface area contributed by atoms with Crippen molar-refractivity contribution in [2.75, 3.05) is 6.54 Å². The van der Waals surface area contributed by atoms with E-state index in [1.54, 1.807) is 0 Å². The predicted octanol–water partition coefficient (Wildman–Crippen LogP) is 2.40. The lowest BCUT2D eigenvalue weighted by molar-refractivity contribution is 0.360. The summed E-state index contributed by atoms with van der Waals surface area (Å²) in [6, 6.07) is 4.87. The van der Waals surface area contributed by atoms with Crippen LogP contribution in [0.4, 0.5) is 0 Å². The van der Waals surface area contributed by atoms with E-state index < -0.39 is 0 Å². The van der Waals surface area contributed by atoms with E-state index in [0.717, 1.165) is 13.0 Å². The van der Waals surface area contributed by atoms with E-state index in [2.05, 4.69) is 36.3 Å². The molecule has 1 saturated carbocycles. The van der Waals surface area contributed by atoms with Gasteiger partial charge in [0.2, 0.25) is 0 Å². The Kier molecular flexibility index (Phi) is 3.06. The third-order valence-corrected chi connectivity index (χ3v) is 3.52. The van der Waals surface area contributed by atoms with E-state index in [1.165, 1.54) is 18.4 Å². The lowest BCUT2D eigenvalue weighted by Gasteiger charge is -2.24. The van der Waals surface area contributed by atoms with Gasteiger partial charge < -0.3 is 5.32 Å². The molecule has 1 aliphatic carbocycles. The van der Waals surface area contributed by atoms with Gasteiger partial charge in [0.05, 0.1) is 0 Å². The molecule has 1 aromatic heterocycles. The standard InChI is InChI=1S/C13H20N2/c1-3-15-12(13(2)6-7-13)10-11-4-8-14-9-5-11/h4-5,8-9,12,15H,3,6-7,10H2,1-2H3. The van der Waals surface area contributed by atoms with Gasteiger partial charge in [0.1, 0.15) is 0 Å². The van der Waals surface area contributed by atoms with Gasteiger partial charge in [0.25, 0.3) is 0 Å². The number of hydrogen-bond acceptors (Lipinski definition) is 2. The molecule has 0 amide bonds. The number of nitrogens with one attached hydrogen (secondary N) is 1. The van der Waals surface area contributed by atoms with Crippen molar-refractivity contribution in [2.24, 2.45) is 5.41 Å². The molecule has 82 valence electrons. The fourth-order valence-electron chi connectivity index (χ4n) is 2.11. The average Bonchev–Trinajstić information content (AvgIpc) is 2.99. The highest BCUT2D eigenvalue weighted by Crippen LogP contribution is 2.48. The molecule has 1 fully saturated rings. The van der Waals surface area contributed by atoms with Gasteiger partial charge in [0, 0.05) is 18.4 Å². The van der Waals surface area contributed by atoms with Crippen LogP contribution in [0.25, 0.3) is 0 Å². The van der Waals surface area contributed by atoms with Gasteiger partial charge in [-0.05, 0) is 48.9 Å². The molecule has 1 heterocycles. The van der Waals surface area contributed by atoms with Gasteiger partial charge in [-0.3, -0.25) is 4.98 Å². The Hall–Kier alpha value is -0.890. The first kappa shape index (κ1) is 10.6. The molecule has 1 N–H and O–H groups in total. The largest absolute Gasteiger partial charge is 0.313 e. The summed E-state index contributed by atoms with van der Waals surface area (Å²) in [5.41, 5.74) is 1.93. The molecule has 15 heavy (non-hydrogen) atoms. The van der Waals surface area contributed by atoms with Gasteiger partial charge in [-0.15, -0.1) is 0 Å². The Morgan fingerprint density at radius 1 is 1.40 bits per heavy atom. The maximum Gasteiger partial charge on any atom is 0.0270 e. The summed E-state index contributed by atoms with van der Waals surface area (Å²) >= 11 is 0. The number of hydrogen-bond donors (Lipinski definition) is 1. The summed E-state index contributed by atoms with van der Waals surface area (Å²) in [7, 11) is 0. The zero-order chi connectivity index (χ0) is 10.7. The zero-order valence-corrected chi connectivity index (χ0v) is 9.66. The van der Waals surface area contributed by atoms with E-state index in [1.807, 2.05) is 12.4 Å². The van der Waals surface area contributed by atoms with Crippen LogP contribution in [0, 0.1) is 5.41 Å². The van der Waals surface area contributed by atoms with E-state index in [-0.39, 0.29) is 0 Å². The Morgan fingerprint density at radius 2 is 2.07 bits per heavy atom. The molecular formula is C13H20N2. The van der Waals surface area contributed by atoms with Crippen LogP contribution in [-0.2, 0) is 6.42 Å². The quantitative estimate of drug-likeness (QED) is 0.796. The number of rotatable bonds is 5. The summed E-state index contributed by atoms with van der Waals surface area (Å²) in [5.74, 6) is 0. The second kappa shape index (κ2) is 4.31. The first-order chi connectivity index (χ1) is 7.24. The van der Waals surface area contributed by atoms with Crippen molar-refractivity contribution >= 4 is 0 Å². The van der Waals surface area contributed by atoms with Gasteiger partial charge in [-0.25, -0.2) is 0 Å². The molecule has 0 radical (unpaired) electrons. The molecular weight excluding hydrogens is 184 g/mol. The molecule has 0 spiro atoms. The van der Waals surface area contributed by atoms with Crippen LogP contribution in [0.5, 0.6) is 0 Å². The molecule has 1 aliphatic rings. The predicted molar refractivity (Wildman–Crippen MR) is 62.7 cm³/mol. The van der Waals surface area contributed by atoms with Crippen LogP contribution in [0.1, 0.15) is 32.3 Å². The molecule has 0 aliphatic heterocycles. The maximum absolute atomic E-state index is 4.06. The lowest BCUT2D eigenvalue weighted by Crippen LogP contribution is -2.37. The molecule has 0 saturated heterocycles. The van der Waals surface area contributed by atoms with Crippen molar-refractivity contribution in [3.63, 3.8) is 0 Å². The molecule has 2 nitrogen and oxygen atoms in total. The van der Waals surface area contributed by atoms with Crippen molar-refractivity contribution in [1.82, 2.24) is 10.3 Å². The SMILES string of the molecule is CCNC(Cc1ccncc1)C1(C)CC1. The summed E-state index contributed by atoms with van der Waals surface area (Å²) in [5, 5.41) is 3.61. The smallest absolute Gasteiger partial charge is 0.0270 e. The molecule has 2 heteroatoms. The van der Waals surface area contributed by atoms with Gasteiger partial charge in [0.15, 0.2) is 0 Å². The van der Waals surface area contributed by atoms with Gasteiger partial charge >= 0.3 is 0 Å². The Balaban J connectivity index is 2.01. The second-order valence-corrected chi connectivity index (χ2v) is 4.82. The minimum absolute atomic E-state index is 0.541. The Bertz CT molecular complexity index is 304. The van der Waals surface area contributed by atoms with E-state index in [9.17, 15) is 0 Å². The number of nitrogens with zero attached hydrogens (tertiary/aromatic N) is 1. The first-order valence-electron chi connectivity index (χ1n) is 5.87. The van der Waals surface area contributed by atoms with Crippen molar-refractivity contribution in [3.05, 3.63) is 30.1 Å². The molecule has 2 rings (SSSR count). The van der Waals surface area contributed by atoms with Crippen molar-refractivity contribution in [3.8, 4) is 0 Å². The topological polar surface area (TPSA) is 24.9 Å². The van der Waals surface area contributed by atoms with E-state index in [4.69, 9.17) is 0 Å². The van der Waals surface area contributed by atoms with Crippen LogP contribution in [-0.4, -0.2) is 17.6 Å². The highest BCUT2D eigenvalue weighted by molar-refractivity contribution is 5.14. The summed E-state index contributed by atoms with van der Waals surface area (Å²) < 4.78 is 0. The molecule has 0 bridgehead atoms. The van der Waals surface area contributed by atoms with Crippen LogP contribution < -0.4 is 5.32 Å². The first-order valence-corrected chi connectivity index (χ1v) is 5.87. The molecule has 1 atom stereocenters. The third-order valence-electron chi connectivity index (χ3n) is 3.52. The minimum Gasteiger partial charge on any atom is -0.313 e. The van der Waals surface area contributed by atoms with Gasteiger partial charge in [-0.1, -0.05) is 13.8 Å². The number of likely N-dealkylation sites (N-methyl/N-ethyl adjacent to an activating group) is 1. The fraction of sp³-hybridized carbons (Fsp3) is 0.615. The molecule has 1 aromatic rings. The molecule has 1 unspecified atom stereocenters. The van der Waals surface area contributed by atoms with Gasteiger partial charge in [-0.2, -0.15) is 0 Å². The maximum atomic E-state index is 4.06. The third kappa shape index (κ3) is 2.57. The van der Waals surface area contributed by atoms with E-state index >= 15 is 0 Å². The summed E-state index contributed by atoms with van der Waals surface area (Å²) in [6.07, 6.45) is 7.64. The number of pyridine rings is 1. The van der Waals surface area contributed by atoms with Crippen molar-refractivity contribution < 1.29 is 0 Å². The summed E-state index contributed by atoms with van der Waals surface area (Å²) in [4.78, 5) is 4.06. The van der Waals surface area contributed by atoms with Crippen LogP contribution in [0.2, 0.25) is 0 Å². The second-order valence-electron chi connectivity index (χ2n) is 4.82. The Labute approximate surface area is 92.1 Å².